The Morgan fingerprint density at radius 2 is 1.93 bits per heavy atom. The molecule has 0 radical (unpaired) electrons. The number of carbonyl (C=O) groups excluding carboxylic acids is 1. The Balaban J connectivity index is 1.92. The van der Waals surface area contributed by atoms with Crippen molar-refractivity contribution < 1.29 is 4.79 Å². The van der Waals surface area contributed by atoms with Crippen LogP contribution in [0.3, 0.4) is 0 Å². The van der Waals surface area contributed by atoms with Crippen LogP contribution in [0.25, 0.3) is 10.8 Å². The first kappa shape index (κ1) is 19.5. The normalized spacial score (nSPS) is 11.2. The number of nitrogens with one attached hydrogen (secondary N) is 1. The van der Waals surface area contributed by atoms with Gasteiger partial charge in [-0.3, -0.25) is 9.59 Å². The van der Waals surface area contributed by atoms with Gasteiger partial charge in [-0.1, -0.05) is 55.3 Å². The monoisotopic (exact) mass is 376 g/mol. The van der Waals surface area contributed by atoms with Crippen LogP contribution in [-0.2, 0) is 6.54 Å². The number of benzene rings is 2. The molecule has 6 nitrogen and oxygen atoms in total. The number of fused-ring (bicyclic) bond motifs is 1. The first-order valence-corrected chi connectivity index (χ1v) is 9.41. The maximum absolute atomic E-state index is 12.7. The van der Waals surface area contributed by atoms with Gasteiger partial charge < -0.3 is 0 Å². The van der Waals surface area contributed by atoms with Crippen LogP contribution in [-0.4, -0.2) is 21.9 Å². The highest BCUT2D eigenvalue weighted by Crippen LogP contribution is 2.13. The van der Waals surface area contributed by atoms with Crippen LogP contribution in [0, 0.1) is 13.8 Å². The number of aromatic nitrogens is 2. The summed E-state index contributed by atoms with van der Waals surface area (Å²) in [6.45, 7) is 6.51. The first-order valence-electron chi connectivity index (χ1n) is 9.41. The quantitative estimate of drug-likeness (QED) is 0.528. The Morgan fingerprint density at radius 1 is 1.18 bits per heavy atom. The molecule has 0 unspecified atom stereocenters. The molecule has 0 aliphatic heterocycles. The van der Waals surface area contributed by atoms with Crippen LogP contribution < -0.4 is 11.0 Å². The van der Waals surface area contributed by atoms with Gasteiger partial charge in [0.25, 0.3) is 11.5 Å². The number of unbranched alkanes of at least 4 members (excludes halogenated alkanes) is 1. The zero-order chi connectivity index (χ0) is 20.1. The summed E-state index contributed by atoms with van der Waals surface area (Å²) in [6.07, 6.45) is 3.37. The summed E-state index contributed by atoms with van der Waals surface area (Å²) in [6, 6.07) is 13.1. The third-order valence-electron chi connectivity index (χ3n) is 4.61. The second-order valence-corrected chi connectivity index (χ2v) is 6.84. The van der Waals surface area contributed by atoms with Gasteiger partial charge >= 0.3 is 0 Å². The largest absolute Gasteiger partial charge is 0.292 e. The van der Waals surface area contributed by atoms with Crippen LogP contribution in [0.1, 0.15) is 46.9 Å². The van der Waals surface area contributed by atoms with E-state index in [9.17, 15) is 9.59 Å². The lowest BCUT2D eigenvalue weighted by Crippen LogP contribution is -2.29. The van der Waals surface area contributed by atoms with Crippen LogP contribution in [0.5, 0.6) is 0 Å². The summed E-state index contributed by atoms with van der Waals surface area (Å²) >= 11 is 0. The number of hydrazone groups is 1. The molecule has 1 N–H and O–H groups in total. The van der Waals surface area contributed by atoms with Crippen molar-refractivity contribution in [3.05, 3.63) is 75.2 Å². The molecule has 0 aliphatic carbocycles. The van der Waals surface area contributed by atoms with Gasteiger partial charge in [0.05, 0.1) is 11.6 Å². The number of nitrogens with zero attached hydrogens (tertiary/aromatic N) is 3. The smallest absolute Gasteiger partial charge is 0.267 e. The fourth-order valence-corrected chi connectivity index (χ4v) is 2.97. The summed E-state index contributed by atoms with van der Waals surface area (Å²) in [4.78, 5) is 25.4. The highest BCUT2D eigenvalue weighted by molar-refractivity contribution is 6.05. The number of carbonyl (C=O) groups is 1. The summed E-state index contributed by atoms with van der Waals surface area (Å²) in [7, 11) is 0. The SMILES string of the molecule is CCCCn1nc(C(=O)N/N=C/c2cc(C)ccc2C)c2ccccc2c1=O. The fraction of sp³-hybridized carbons (Fsp3) is 0.273. The average Bonchev–Trinajstić information content (AvgIpc) is 2.70. The molecule has 28 heavy (non-hydrogen) atoms. The molecule has 1 amide bonds. The summed E-state index contributed by atoms with van der Waals surface area (Å²) in [5.41, 5.74) is 5.68. The van der Waals surface area contributed by atoms with Crippen LogP contribution in [0.2, 0.25) is 0 Å². The molecule has 1 aromatic heterocycles. The number of aryl methyl sites for hydroxylation is 3. The summed E-state index contributed by atoms with van der Waals surface area (Å²) in [5.74, 6) is -0.442. The van der Waals surface area contributed by atoms with Crippen molar-refractivity contribution >= 4 is 22.9 Å². The molecule has 0 saturated heterocycles. The van der Waals surface area contributed by atoms with Crippen LogP contribution >= 0.6 is 0 Å². The Labute approximate surface area is 163 Å². The molecule has 0 atom stereocenters. The molecular formula is C22H24N4O2. The van der Waals surface area contributed by atoms with Crippen molar-refractivity contribution in [2.24, 2.45) is 5.10 Å². The van der Waals surface area contributed by atoms with E-state index in [0.717, 1.165) is 29.5 Å². The minimum absolute atomic E-state index is 0.181. The predicted molar refractivity (Wildman–Crippen MR) is 112 cm³/mol. The number of hydrogen-bond acceptors (Lipinski definition) is 4. The van der Waals surface area contributed by atoms with Gasteiger partial charge in [0.15, 0.2) is 5.69 Å². The molecule has 0 fully saturated rings. The van der Waals surface area contributed by atoms with Crippen molar-refractivity contribution in [3.8, 4) is 0 Å². The van der Waals surface area contributed by atoms with E-state index in [4.69, 9.17) is 0 Å². The standard InChI is InChI=1S/C22H24N4O2/c1-4-5-12-26-22(28)19-9-7-6-8-18(19)20(25-26)21(27)24-23-14-17-13-15(2)10-11-16(17)3/h6-11,13-14H,4-5,12H2,1-3H3,(H,24,27)/b23-14+. The third kappa shape index (κ3) is 4.17. The second kappa shape index (κ2) is 8.61. The Morgan fingerprint density at radius 3 is 2.68 bits per heavy atom. The average molecular weight is 376 g/mol. The summed E-state index contributed by atoms with van der Waals surface area (Å²) < 4.78 is 1.37. The van der Waals surface area contributed by atoms with Gasteiger partial charge in [0, 0.05) is 11.9 Å². The van der Waals surface area contributed by atoms with Crippen molar-refractivity contribution in [3.63, 3.8) is 0 Å². The molecule has 6 heteroatoms. The van der Waals surface area contributed by atoms with Gasteiger partial charge in [-0.15, -0.1) is 0 Å². The van der Waals surface area contributed by atoms with Crippen molar-refractivity contribution in [1.29, 1.82) is 0 Å². The van der Waals surface area contributed by atoms with Gasteiger partial charge in [-0.05, 0) is 37.5 Å². The molecule has 0 spiro atoms. The fourth-order valence-electron chi connectivity index (χ4n) is 2.97. The lowest BCUT2D eigenvalue weighted by Gasteiger charge is -2.09. The molecular weight excluding hydrogens is 352 g/mol. The van der Waals surface area contributed by atoms with E-state index in [0.29, 0.717) is 17.3 Å². The minimum Gasteiger partial charge on any atom is -0.267 e. The second-order valence-electron chi connectivity index (χ2n) is 6.84. The van der Waals surface area contributed by atoms with E-state index in [1.54, 1.807) is 30.5 Å². The van der Waals surface area contributed by atoms with Gasteiger partial charge in [0.2, 0.25) is 0 Å². The lowest BCUT2D eigenvalue weighted by molar-refractivity contribution is 0.0949. The van der Waals surface area contributed by atoms with Crippen LogP contribution in [0.15, 0.2) is 52.4 Å². The highest BCUT2D eigenvalue weighted by atomic mass is 16.2. The number of hydrogen-bond donors (Lipinski definition) is 1. The minimum atomic E-state index is -0.442. The number of amides is 1. The maximum Gasteiger partial charge on any atom is 0.292 e. The molecule has 0 bridgehead atoms. The predicted octanol–water partition coefficient (Wildman–Crippen LogP) is 3.58. The number of rotatable bonds is 6. The maximum atomic E-state index is 12.7. The third-order valence-corrected chi connectivity index (χ3v) is 4.61. The van der Waals surface area contributed by atoms with E-state index >= 15 is 0 Å². The van der Waals surface area contributed by atoms with Crippen LogP contribution in [0.4, 0.5) is 0 Å². The zero-order valence-electron chi connectivity index (χ0n) is 16.4. The van der Waals surface area contributed by atoms with Crippen molar-refractivity contribution in [2.75, 3.05) is 0 Å². The zero-order valence-corrected chi connectivity index (χ0v) is 16.4. The van der Waals surface area contributed by atoms with Gasteiger partial charge in [0.1, 0.15) is 0 Å². The van der Waals surface area contributed by atoms with E-state index in [2.05, 4.69) is 15.6 Å². The highest BCUT2D eigenvalue weighted by Gasteiger charge is 2.16. The van der Waals surface area contributed by atoms with Crippen molar-refractivity contribution in [1.82, 2.24) is 15.2 Å². The summed E-state index contributed by atoms with van der Waals surface area (Å²) in [5, 5.41) is 9.41. The lowest BCUT2D eigenvalue weighted by atomic mass is 10.1. The van der Waals surface area contributed by atoms with Gasteiger partial charge in [-0.2, -0.15) is 10.2 Å². The Hall–Kier alpha value is -3.28. The molecule has 3 aromatic rings. The Bertz CT molecular complexity index is 1100. The molecule has 1 heterocycles. The first-order chi connectivity index (χ1) is 13.5. The molecule has 0 aliphatic rings. The molecule has 3 rings (SSSR count). The topological polar surface area (TPSA) is 76.3 Å². The molecule has 144 valence electrons. The van der Waals surface area contributed by atoms with E-state index in [-0.39, 0.29) is 11.3 Å². The van der Waals surface area contributed by atoms with Gasteiger partial charge in [-0.25, -0.2) is 10.1 Å². The van der Waals surface area contributed by atoms with Crippen molar-refractivity contribution in [2.45, 2.75) is 40.2 Å². The molecule has 0 saturated carbocycles. The van der Waals surface area contributed by atoms with E-state index in [1.165, 1.54) is 4.68 Å². The van der Waals surface area contributed by atoms with E-state index < -0.39 is 5.91 Å². The molecule has 2 aromatic carbocycles. The Kier molecular flexibility index (Phi) is 5.99. The van der Waals surface area contributed by atoms with E-state index in [1.807, 2.05) is 39.0 Å².